The number of carbonyl (C=O) groups excluding carboxylic acids is 2. The van der Waals surface area contributed by atoms with E-state index in [9.17, 15) is 9.59 Å². The highest BCUT2D eigenvalue weighted by atomic mass is 16.2. The summed E-state index contributed by atoms with van der Waals surface area (Å²) in [7, 11) is 0. The molecule has 0 radical (unpaired) electrons. The van der Waals surface area contributed by atoms with Crippen molar-refractivity contribution in [2.45, 2.75) is 39.8 Å². The number of anilines is 1. The van der Waals surface area contributed by atoms with Crippen LogP contribution in [0.5, 0.6) is 0 Å². The molecule has 0 saturated carbocycles. The summed E-state index contributed by atoms with van der Waals surface area (Å²) < 4.78 is 0. The highest BCUT2D eigenvalue weighted by Crippen LogP contribution is 2.18. The molecule has 0 aliphatic heterocycles. The number of benzene rings is 1. The number of amides is 2. The number of hydrogen-bond donors (Lipinski definition) is 2. The van der Waals surface area contributed by atoms with E-state index >= 15 is 0 Å². The predicted octanol–water partition coefficient (Wildman–Crippen LogP) is 1.63. The largest absolute Gasteiger partial charge is 0.399 e. The minimum absolute atomic E-state index is 0.0228. The maximum Gasteiger partial charge on any atom is 0.255 e. The van der Waals surface area contributed by atoms with Crippen LogP contribution < -0.4 is 11.5 Å². The van der Waals surface area contributed by atoms with Crippen LogP contribution in [0.2, 0.25) is 0 Å². The topological polar surface area (TPSA) is 89.4 Å². The Morgan fingerprint density at radius 2 is 1.58 bits per heavy atom. The molecule has 5 nitrogen and oxygen atoms in total. The molecular weight excluding hydrogens is 242 g/mol. The van der Waals surface area contributed by atoms with Gasteiger partial charge in [0.25, 0.3) is 5.91 Å². The number of nitrogen functional groups attached to an aromatic ring is 1. The number of rotatable bonds is 4. The molecule has 0 heterocycles. The van der Waals surface area contributed by atoms with Gasteiger partial charge in [-0.1, -0.05) is 0 Å². The van der Waals surface area contributed by atoms with E-state index in [1.54, 1.807) is 11.0 Å². The summed E-state index contributed by atoms with van der Waals surface area (Å²) in [6, 6.07) is 4.60. The van der Waals surface area contributed by atoms with Gasteiger partial charge in [-0.2, -0.15) is 0 Å². The van der Waals surface area contributed by atoms with Crippen LogP contribution in [-0.4, -0.2) is 28.8 Å². The van der Waals surface area contributed by atoms with Gasteiger partial charge < -0.3 is 16.4 Å². The Morgan fingerprint density at radius 3 is 2.00 bits per heavy atom. The van der Waals surface area contributed by atoms with Crippen LogP contribution in [0.1, 0.15) is 48.4 Å². The number of nitrogens with zero attached hydrogens (tertiary/aromatic N) is 1. The molecule has 1 aromatic carbocycles. The second kappa shape index (κ2) is 5.73. The Labute approximate surface area is 113 Å². The molecule has 0 saturated heterocycles. The number of nitrogens with two attached hydrogens (primary N) is 2. The molecule has 0 spiro atoms. The molecule has 4 N–H and O–H groups in total. The van der Waals surface area contributed by atoms with Crippen molar-refractivity contribution in [1.82, 2.24) is 4.90 Å². The zero-order valence-electron chi connectivity index (χ0n) is 11.8. The van der Waals surface area contributed by atoms with Gasteiger partial charge in [0, 0.05) is 17.8 Å². The van der Waals surface area contributed by atoms with Gasteiger partial charge in [-0.15, -0.1) is 0 Å². The standard InChI is InChI=1S/C14H21N3O2/c1-8(2)17(9(3)4)14(19)12-7-10(15)5-6-11(12)13(16)18/h5-9H,15H2,1-4H3,(H2,16,18). The maximum absolute atomic E-state index is 12.6. The number of carbonyl (C=O) groups is 2. The molecule has 0 atom stereocenters. The SMILES string of the molecule is CC(C)N(C(=O)c1cc(N)ccc1C(N)=O)C(C)C. The van der Waals surface area contributed by atoms with E-state index in [-0.39, 0.29) is 29.1 Å². The van der Waals surface area contributed by atoms with Crippen LogP contribution in [0, 0.1) is 0 Å². The van der Waals surface area contributed by atoms with Gasteiger partial charge in [-0.3, -0.25) is 9.59 Å². The lowest BCUT2D eigenvalue weighted by Gasteiger charge is -2.31. The third kappa shape index (κ3) is 3.24. The van der Waals surface area contributed by atoms with Gasteiger partial charge in [-0.25, -0.2) is 0 Å². The summed E-state index contributed by atoms with van der Waals surface area (Å²) in [6.45, 7) is 7.70. The monoisotopic (exact) mass is 263 g/mol. The molecule has 2 amide bonds. The van der Waals surface area contributed by atoms with Crippen molar-refractivity contribution < 1.29 is 9.59 Å². The molecule has 0 aliphatic carbocycles. The Hall–Kier alpha value is -2.04. The van der Waals surface area contributed by atoms with Crippen molar-refractivity contribution in [1.29, 1.82) is 0 Å². The molecule has 1 aromatic rings. The lowest BCUT2D eigenvalue weighted by atomic mass is 10.0. The third-order valence-electron chi connectivity index (χ3n) is 2.89. The lowest BCUT2D eigenvalue weighted by Crippen LogP contribution is -2.42. The molecule has 0 bridgehead atoms. The molecular formula is C14H21N3O2. The van der Waals surface area contributed by atoms with Crippen LogP contribution >= 0.6 is 0 Å². The smallest absolute Gasteiger partial charge is 0.255 e. The zero-order valence-corrected chi connectivity index (χ0v) is 11.8. The fourth-order valence-electron chi connectivity index (χ4n) is 2.16. The van der Waals surface area contributed by atoms with Gasteiger partial charge in [0.05, 0.1) is 11.1 Å². The summed E-state index contributed by atoms with van der Waals surface area (Å²) in [5, 5.41) is 0. The van der Waals surface area contributed by atoms with Gasteiger partial charge in [0.2, 0.25) is 5.91 Å². The first-order valence-electron chi connectivity index (χ1n) is 6.27. The first-order valence-corrected chi connectivity index (χ1v) is 6.27. The summed E-state index contributed by atoms with van der Waals surface area (Å²) in [4.78, 5) is 25.7. The quantitative estimate of drug-likeness (QED) is 0.809. The summed E-state index contributed by atoms with van der Waals surface area (Å²) in [6.07, 6.45) is 0. The van der Waals surface area contributed by atoms with Gasteiger partial charge in [0.1, 0.15) is 0 Å². The Bertz CT molecular complexity index is 487. The predicted molar refractivity (Wildman–Crippen MR) is 75.8 cm³/mol. The zero-order chi connectivity index (χ0) is 14.7. The fourth-order valence-corrected chi connectivity index (χ4v) is 2.16. The molecule has 0 aromatic heterocycles. The highest BCUT2D eigenvalue weighted by molar-refractivity contribution is 6.07. The Balaban J connectivity index is 3.31. The average Bonchev–Trinajstić information content (AvgIpc) is 2.27. The van der Waals surface area contributed by atoms with E-state index in [0.29, 0.717) is 5.69 Å². The molecule has 0 aliphatic rings. The molecule has 5 heteroatoms. The number of primary amides is 1. The summed E-state index contributed by atoms with van der Waals surface area (Å²) in [5.41, 5.74) is 11.9. The highest BCUT2D eigenvalue weighted by Gasteiger charge is 2.25. The normalized spacial score (nSPS) is 10.8. The van der Waals surface area contributed by atoms with Crippen LogP contribution in [0.15, 0.2) is 18.2 Å². The molecule has 0 fully saturated rings. The van der Waals surface area contributed by atoms with Crippen molar-refractivity contribution in [3.63, 3.8) is 0 Å². The van der Waals surface area contributed by atoms with Crippen LogP contribution in [-0.2, 0) is 0 Å². The van der Waals surface area contributed by atoms with Crippen molar-refractivity contribution in [2.24, 2.45) is 5.73 Å². The van der Waals surface area contributed by atoms with Crippen molar-refractivity contribution in [3.8, 4) is 0 Å². The average molecular weight is 263 g/mol. The first kappa shape index (κ1) is 15.0. The van der Waals surface area contributed by atoms with Crippen LogP contribution in [0.25, 0.3) is 0 Å². The minimum Gasteiger partial charge on any atom is -0.399 e. The molecule has 104 valence electrons. The second-order valence-corrected chi connectivity index (χ2v) is 5.07. The van der Waals surface area contributed by atoms with Crippen molar-refractivity contribution in [2.75, 3.05) is 5.73 Å². The first-order chi connectivity index (χ1) is 8.75. The van der Waals surface area contributed by atoms with Gasteiger partial charge in [-0.05, 0) is 45.9 Å². The van der Waals surface area contributed by atoms with Crippen molar-refractivity contribution >= 4 is 17.5 Å². The van der Waals surface area contributed by atoms with Gasteiger partial charge >= 0.3 is 0 Å². The van der Waals surface area contributed by atoms with Crippen LogP contribution in [0.4, 0.5) is 5.69 Å². The Morgan fingerprint density at radius 1 is 1.05 bits per heavy atom. The van der Waals surface area contributed by atoms with Crippen molar-refractivity contribution in [3.05, 3.63) is 29.3 Å². The summed E-state index contributed by atoms with van der Waals surface area (Å²) in [5.74, 6) is -0.859. The van der Waals surface area contributed by atoms with E-state index in [1.165, 1.54) is 12.1 Å². The van der Waals surface area contributed by atoms with E-state index < -0.39 is 5.91 Å². The van der Waals surface area contributed by atoms with Gasteiger partial charge in [0.15, 0.2) is 0 Å². The maximum atomic E-state index is 12.6. The van der Waals surface area contributed by atoms with E-state index in [0.717, 1.165) is 0 Å². The molecule has 1 rings (SSSR count). The fraction of sp³-hybridized carbons (Fsp3) is 0.429. The van der Waals surface area contributed by atoms with E-state index in [4.69, 9.17) is 11.5 Å². The third-order valence-corrected chi connectivity index (χ3v) is 2.89. The van der Waals surface area contributed by atoms with E-state index in [2.05, 4.69) is 0 Å². The molecule has 19 heavy (non-hydrogen) atoms. The van der Waals surface area contributed by atoms with Crippen LogP contribution in [0.3, 0.4) is 0 Å². The Kier molecular flexibility index (Phi) is 4.53. The summed E-state index contributed by atoms with van der Waals surface area (Å²) >= 11 is 0. The van der Waals surface area contributed by atoms with E-state index in [1.807, 2.05) is 27.7 Å². The lowest BCUT2D eigenvalue weighted by molar-refractivity contribution is 0.0640. The number of hydrogen-bond acceptors (Lipinski definition) is 3. The second-order valence-electron chi connectivity index (χ2n) is 5.07. The minimum atomic E-state index is -0.629. The molecule has 0 unspecified atom stereocenters.